The zero-order valence-electron chi connectivity index (χ0n) is 14.5. The standard InChI is InChI=1S/C22H16ClNO3/c1-12-9-14(23)11-19(22(26)27)20(12)24-21(25)17-8-4-7-16-15-6-3-2-5-13(15)10-18(16)17/h2-9,11H,10H2,1H3,(H,24,25)(H,26,27). The number of benzene rings is 3. The summed E-state index contributed by atoms with van der Waals surface area (Å²) in [5, 5.41) is 12.6. The first-order valence-corrected chi connectivity index (χ1v) is 8.88. The van der Waals surface area contributed by atoms with Crippen LogP contribution >= 0.6 is 11.6 Å². The number of carbonyl (C=O) groups excluding carboxylic acids is 1. The second kappa shape index (κ2) is 6.56. The zero-order chi connectivity index (χ0) is 19.1. The fraction of sp³-hybridized carbons (Fsp3) is 0.0909. The molecule has 0 saturated carbocycles. The topological polar surface area (TPSA) is 66.4 Å². The molecule has 1 aliphatic rings. The third-order valence-electron chi connectivity index (χ3n) is 4.86. The smallest absolute Gasteiger partial charge is 0.337 e. The van der Waals surface area contributed by atoms with Crippen LogP contribution in [0.15, 0.2) is 54.6 Å². The Morgan fingerprint density at radius 3 is 2.52 bits per heavy atom. The van der Waals surface area contributed by atoms with Gasteiger partial charge in [0.15, 0.2) is 0 Å². The molecule has 0 spiro atoms. The molecule has 0 heterocycles. The summed E-state index contributed by atoms with van der Waals surface area (Å²) in [6.45, 7) is 1.72. The molecule has 0 aromatic heterocycles. The first-order chi connectivity index (χ1) is 13.0. The van der Waals surface area contributed by atoms with E-state index in [0.717, 1.165) is 16.7 Å². The van der Waals surface area contributed by atoms with Gasteiger partial charge in [0.1, 0.15) is 0 Å². The minimum absolute atomic E-state index is 0.0239. The van der Waals surface area contributed by atoms with Gasteiger partial charge in [-0.3, -0.25) is 4.79 Å². The van der Waals surface area contributed by atoms with Gasteiger partial charge in [-0.15, -0.1) is 0 Å². The number of carboxylic acid groups (broad SMARTS) is 1. The van der Waals surface area contributed by atoms with E-state index in [1.165, 1.54) is 11.6 Å². The van der Waals surface area contributed by atoms with Crippen molar-refractivity contribution < 1.29 is 14.7 Å². The van der Waals surface area contributed by atoms with E-state index in [9.17, 15) is 14.7 Å². The van der Waals surface area contributed by atoms with Crippen LogP contribution in [0, 0.1) is 6.92 Å². The average molecular weight is 378 g/mol. The molecule has 134 valence electrons. The molecule has 5 heteroatoms. The number of hydrogen-bond donors (Lipinski definition) is 2. The Balaban J connectivity index is 1.74. The highest BCUT2D eigenvalue weighted by Gasteiger charge is 2.24. The number of aromatic carboxylic acids is 1. The molecule has 4 nitrogen and oxygen atoms in total. The van der Waals surface area contributed by atoms with E-state index in [0.29, 0.717) is 22.6 Å². The van der Waals surface area contributed by atoms with Crippen LogP contribution in [0.4, 0.5) is 5.69 Å². The largest absolute Gasteiger partial charge is 0.478 e. The van der Waals surface area contributed by atoms with Gasteiger partial charge >= 0.3 is 5.97 Å². The van der Waals surface area contributed by atoms with Gasteiger partial charge in [-0.2, -0.15) is 0 Å². The minimum Gasteiger partial charge on any atom is -0.478 e. The molecule has 0 fully saturated rings. The summed E-state index contributed by atoms with van der Waals surface area (Å²) >= 11 is 5.97. The molecule has 0 aliphatic heterocycles. The van der Waals surface area contributed by atoms with Crippen LogP contribution in [0.3, 0.4) is 0 Å². The van der Waals surface area contributed by atoms with Crippen molar-refractivity contribution in [2.24, 2.45) is 0 Å². The first-order valence-electron chi connectivity index (χ1n) is 8.50. The molecule has 0 atom stereocenters. The number of fused-ring (bicyclic) bond motifs is 3. The highest BCUT2D eigenvalue weighted by molar-refractivity contribution is 6.31. The fourth-order valence-electron chi connectivity index (χ4n) is 3.63. The number of anilines is 1. The van der Waals surface area contributed by atoms with Gasteiger partial charge < -0.3 is 10.4 Å². The van der Waals surface area contributed by atoms with Gasteiger partial charge in [0.05, 0.1) is 11.3 Å². The van der Waals surface area contributed by atoms with Gasteiger partial charge in [0.25, 0.3) is 5.91 Å². The van der Waals surface area contributed by atoms with E-state index in [2.05, 4.69) is 17.4 Å². The molecular formula is C22H16ClNO3. The van der Waals surface area contributed by atoms with E-state index in [4.69, 9.17) is 11.6 Å². The van der Waals surface area contributed by atoms with E-state index in [-0.39, 0.29) is 17.2 Å². The number of rotatable bonds is 3. The molecule has 3 aromatic rings. The molecule has 1 amide bonds. The van der Waals surface area contributed by atoms with Gasteiger partial charge in [0, 0.05) is 10.6 Å². The van der Waals surface area contributed by atoms with Gasteiger partial charge in [-0.1, -0.05) is 48.0 Å². The molecule has 0 bridgehead atoms. The zero-order valence-corrected chi connectivity index (χ0v) is 15.3. The first kappa shape index (κ1) is 17.3. The molecule has 4 rings (SSSR count). The van der Waals surface area contributed by atoms with Crippen molar-refractivity contribution in [3.63, 3.8) is 0 Å². The second-order valence-electron chi connectivity index (χ2n) is 6.57. The van der Waals surface area contributed by atoms with Crippen molar-refractivity contribution in [1.29, 1.82) is 0 Å². The Morgan fingerprint density at radius 1 is 1.00 bits per heavy atom. The Kier molecular flexibility index (Phi) is 4.21. The molecule has 1 aliphatic carbocycles. The number of carboxylic acids is 1. The molecular weight excluding hydrogens is 362 g/mol. The Hall–Kier alpha value is -3.11. The lowest BCUT2D eigenvalue weighted by Gasteiger charge is -2.14. The van der Waals surface area contributed by atoms with Crippen LogP contribution in [-0.2, 0) is 6.42 Å². The summed E-state index contributed by atoms with van der Waals surface area (Å²) in [4.78, 5) is 24.6. The van der Waals surface area contributed by atoms with E-state index < -0.39 is 5.97 Å². The summed E-state index contributed by atoms with van der Waals surface area (Å²) in [5.74, 6) is -1.46. The maximum absolute atomic E-state index is 13.0. The fourth-order valence-corrected chi connectivity index (χ4v) is 3.90. The third kappa shape index (κ3) is 2.98. The van der Waals surface area contributed by atoms with Crippen molar-refractivity contribution in [2.75, 3.05) is 5.32 Å². The SMILES string of the molecule is Cc1cc(Cl)cc(C(=O)O)c1NC(=O)c1cccc2c1Cc1ccccc1-2. The van der Waals surface area contributed by atoms with Crippen LogP contribution < -0.4 is 5.32 Å². The Labute approximate surface area is 161 Å². The maximum atomic E-state index is 13.0. The second-order valence-corrected chi connectivity index (χ2v) is 7.01. The number of amides is 1. The molecule has 2 N–H and O–H groups in total. The number of aryl methyl sites for hydroxylation is 1. The van der Waals surface area contributed by atoms with Crippen molar-refractivity contribution in [1.82, 2.24) is 0 Å². The molecule has 27 heavy (non-hydrogen) atoms. The lowest BCUT2D eigenvalue weighted by atomic mass is 10.00. The number of carbonyl (C=O) groups is 2. The summed E-state index contributed by atoms with van der Waals surface area (Å²) < 4.78 is 0. The number of halogens is 1. The third-order valence-corrected chi connectivity index (χ3v) is 5.08. The van der Waals surface area contributed by atoms with Crippen molar-refractivity contribution in [3.05, 3.63) is 87.4 Å². The molecule has 0 unspecified atom stereocenters. The lowest BCUT2D eigenvalue weighted by Crippen LogP contribution is -2.17. The minimum atomic E-state index is -1.14. The normalized spacial score (nSPS) is 11.6. The average Bonchev–Trinajstić information content (AvgIpc) is 3.02. The van der Waals surface area contributed by atoms with Crippen molar-refractivity contribution in [2.45, 2.75) is 13.3 Å². The van der Waals surface area contributed by atoms with E-state index >= 15 is 0 Å². The quantitative estimate of drug-likeness (QED) is 0.517. The summed E-state index contributed by atoms with van der Waals surface area (Å²) in [6, 6.07) is 16.7. The van der Waals surface area contributed by atoms with Crippen LogP contribution in [0.5, 0.6) is 0 Å². The molecule has 3 aromatic carbocycles. The number of hydrogen-bond acceptors (Lipinski definition) is 2. The summed E-state index contributed by atoms with van der Waals surface area (Å²) in [7, 11) is 0. The maximum Gasteiger partial charge on any atom is 0.337 e. The van der Waals surface area contributed by atoms with E-state index in [1.807, 2.05) is 24.3 Å². The van der Waals surface area contributed by atoms with Gasteiger partial charge in [0.2, 0.25) is 0 Å². The monoisotopic (exact) mass is 377 g/mol. The Bertz CT molecular complexity index is 1100. The highest BCUT2D eigenvalue weighted by Crippen LogP contribution is 2.38. The molecule has 0 saturated heterocycles. The van der Waals surface area contributed by atoms with Crippen LogP contribution in [0.25, 0.3) is 11.1 Å². The summed E-state index contributed by atoms with van der Waals surface area (Å²) in [6.07, 6.45) is 0.681. The van der Waals surface area contributed by atoms with Crippen molar-refractivity contribution >= 4 is 29.2 Å². The molecule has 0 radical (unpaired) electrons. The predicted molar refractivity (Wildman–Crippen MR) is 106 cm³/mol. The van der Waals surface area contributed by atoms with Crippen LogP contribution in [0.2, 0.25) is 5.02 Å². The predicted octanol–water partition coefficient (Wildman–Crippen LogP) is 5.17. The van der Waals surface area contributed by atoms with Gasteiger partial charge in [-0.05, 0) is 59.4 Å². The van der Waals surface area contributed by atoms with Gasteiger partial charge in [-0.25, -0.2) is 4.79 Å². The van der Waals surface area contributed by atoms with E-state index in [1.54, 1.807) is 19.1 Å². The van der Waals surface area contributed by atoms with Crippen LogP contribution in [0.1, 0.15) is 37.4 Å². The highest BCUT2D eigenvalue weighted by atomic mass is 35.5. The van der Waals surface area contributed by atoms with Crippen molar-refractivity contribution in [3.8, 4) is 11.1 Å². The number of nitrogens with one attached hydrogen (secondary N) is 1. The van der Waals surface area contributed by atoms with Crippen LogP contribution in [-0.4, -0.2) is 17.0 Å². The Morgan fingerprint density at radius 2 is 1.74 bits per heavy atom. The lowest BCUT2D eigenvalue weighted by molar-refractivity contribution is 0.0698. The summed E-state index contributed by atoms with van der Waals surface area (Å²) in [5.41, 5.74) is 5.72.